The second-order valence-corrected chi connectivity index (χ2v) is 5.40. The van der Waals surface area contributed by atoms with E-state index >= 15 is 0 Å². The Bertz CT molecular complexity index is 810. The largest absolute Gasteiger partial charge is 0.251 e. The van der Waals surface area contributed by atoms with E-state index in [1.54, 1.807) is 0 Å². The number of hydrogen-bond donors (Lipinski definition) is 0. The number of rotatable bonds is 4. The Morgan fingerprint density at radius 3 is 1.43 bits per heavy atom. The van der Waals surface area contributed by atoms with Gasteiger partial charge in [-0.3, -0.25) is 4.39 Å². The maximum absolute atomic E-state index is 12.3. The van der Waals surface area contributed by atoms with Gasteiger partial charge in [0.15, 0.2) is 0 Å². The fourth-order valence-electron chi connectivity index (χ4n) is 2.57. The average molecular weight is 301 g/mol. The maximum Gasteiger partial charge on any atom is 0.0991 e. The summed E-state index contributed by atoms with van der Waals surface area (Å²) in [6.45, 7) is -0.321. The first-order valence-corrected chi connectivity index (χ1v) is 7.56. The number of nitriles is 1. The highest BCUT2D eigenvalue weighted by atomic mass is 19.1. The van der Waals surface area contributed by atoms with Crippen molar-refractivity contribution in [2.45, 2.75) is 6.42 Å². The molecule has 0 amide bonds. The number of nitrogens with zero attached hydrogens (tertiary/aromatic N) is 1. The van der Waals surface area contributed by atoms with Gasteiger partial charge in [-0.15, -0.1) is 0 Å². The molecule has 3 aromatic carbocycles. The fourth-order valence-corrected chi connectivity index (χ4v) is 2.57. The van der Waals surface area contributed by atoms with Gasteiger partial charge in [-0.2, -0.15) is 5.26 Å². The molecule has 0 atom stereocenters. The van der Waals surface area contributed by atoms with E-state index in [0.717, 1.165) is 27.8 Å². The highest BCUT2D eigenvalue weighted by Gasteiger charge is 2.01. The molecule has 112 valence electrons. The summed E-state index contributed by atoms with van der Waals surface area (Å²) in [7, 11) is 0. The molecule has 0 saturated carbocycles. The van der Waals surface area contributed by atoms with Crippen molar-refractivity contribution in [3.8, 4) is 28.3 Å². The predicted molar refractivity (Wildman–Crippen MR) is 91.7 cm³/mol. The van der Waals surface area contributed by atoms with E-state index in [1.165, 1.54) is 0 Å². The van der Waals surface area contributed by atoms with Gasteiger partial charge in [0.05, 0.1) is 18.3 Å². The Kier molecular flexibility index (Phi) is 4.49. The Morgan fingerprint density at radius 1 is 0.652 bits per heavy atom. The highest BCUT2D eigenvalue weighted by molar-refractivity contribution is 5.70. The lowest BCUT2D eigenvalue weighted by Crippen LogP contribution is -1.86. The van der Waals surface area contributed by atoms with Crippen LogP contribution in [0.3, 0.4) is 0 Å². The van der Waals surface area contributed by atoms with E-state index in [9.17, 15) is 4.39 Å². The van der Waals surface area contributed by atoms with Crippen LogP contribution in [-0.4, -0.2) is 6.67 Å². The molecule has 0 aliphatic carbocycles. The van der Waals surface area contributed by atoms with Crippen molar-refractivity contribution < 1.29 is 4.39 Å². The Labute approximate surface area is 135 Å². The van der Waals surface area contributed by atoms with Crippen molar-refractivity contribution in [1.82, 2.24) is 0 Å². The molecule has 0 N–H and O–H groups in total. The van der Waals surface area contributed by atoms with Crippen molar-refractivity contribution in [2.24, 2.45) is 0 Å². The molecule has 1 nitrogen and oxygen atoms in total. The van der Waals surface area contributed by atoms with E-state index in [2.05, 4.69) is 30.3 Å². The van der Waals surface area contributed by atoms with E-state index in [1.807, 2.05) is 48.5 Å². The smallest absolute Gasteiger partial charge is 0.0991 e. The van der Waals surface area contributed by atoms with Gasteiger partial charge in [-0.25, -0.2) is 0 Å². The predicted octanol–water partition coefficient (Wildman–Crippen LogP) is 5.40. The minimum absolute atomic E-state index is 0.321. The van der Waals surface area contributed by atoms with Gasteiger partial charge >= 0.3 is 0 Å². The molecule has 0 heterocycles. The summed E-state index contributed by atoms with van der Waals surface area (Å²) < 4.78 is 12.3. The lowest BCUT2D eigenvalue weighted by Gasteiger charge is -2.06. The van der Waals surface area contributed by atoms with Crippen LogP contribution in [0.25, 0.3) is 22.3 Å². The quantitative estimate of drug-likeness (QED) is 0.632. The van der Waals surface area contributed by atoms with Gasteiger partial charge in [0.2, 0.25) is 0 Å². The van der Waals surface area contributed by atoms with Crippen LogP contribution in [-0.2, 0) is 6.42 Å². The molecule has 3 rings (SSSR count). The molecule has 0 fully saturated rings. The minimum Gasteiger partial charge on any atom is -0.251 e. The molecule has 0 spiro atoms. The Hall–Kier alpha value is -2.92. The van der Waals surface area contributed by atoms with Gasteiger partial charge in [0, 0.05) is 6.42 Å². The van der Waals surface area contributed by atoms with Crippen molar-refractivity contribution in [1.29, 1.82) is 5.26 Å². The first-order valence-electron chi connectivity index (χ1n) is 7.56. The molecular formula is C21H16FN. The van der Waals surface area contributed by atoms with Gasteiger partial charge in [0.1, 0.15) is 0 Å². The minimum atomic E-state index is -0.321. The molecule has 2 heteroatoms. The van der Waals surface area contributed by atoms with E-state index in [-0.39, 0.29) is 6.67 Å². The zero-order valence-corrected chi connectivity index (χ0v) is 12.7. The van der Waals surface area contributed by atoms with Crippen molar-refractivity contribution in [3.63, 3.8) is 0 Å². The van der Waals surface area contributed by atoms with E-state index in [4.69, 9.17) is 5.26 Å². The molecule has 23 heavy (non-hydrogen) atoms. The van der Waals surface area contributed by atoms with Gasteiger partial charge in [0.25, 0.3) is 0 Å². The van der Waals surface area contributed by atoms with Crippen LogP contribution in [0.5, 0.6) is 0 Å². The third-order valence-corrected chi connectivity index (χ3v) is 3.90. The van der Waals surface area contributed by atoms with Crippen LogP contribution in [0.15, 0.2) is 72.8 Å². The monoisotopic (exact) mass is 301 g/mol. The van der Waals surface area contributed by atoms with Gasteiger partial charge in [-0.05, 0) is 39.9 Å². The number of halogens is 1. The number of hydrogen-bond acceptors (Lipinski definition) is 1. The molecule has 0 aromatic heterocycles. The highest BCUT2D eigenvalue weighted by Crippen LogP contribution is 2.25. The third-order valence-electron chi connectivity index (χ3n) is 3.90. The van der Waals surface area contributed by atoms with Crippen molar-refractivity contribution in [2.75, 3.05) is 6.67 Å². The van der Waals surface area contributed by atoms with Crippen molar-refractivity contribution in [3.05, 3.63) is 83.9 Å². The van der Waals surface area contributed by atoms with E-state index < -0.39 is 0 Å². The van der Waals surface area contributed by atoms with Gasteiger partial charge < -0.3 is 0 Å². The fraction of sp³-hybridized carbons (Fsp3) is 0.0952. The summed E-state index contributed by atoms with van der Waals surface area (Å²) in [5, 5.41) is 8.84. The first kappa shape index (κ1) is 15.0. The zero-order chi connectivity index (χ0) is 16.1. The summed E-state index contributed by atoms with van der Waals surface area (Å²) in [5.41, 5.74) is 6.15. The molecule has 0 bridgehead atoms. The molecule has 3 aromatic rings. The van der Waals surface area contributed by atoms with Crippen LogP contribution >= 0.6 is 0 Å². The van der Waals surface area contributed by atoms with Crippen LogP contribution < -0.4 is 0 Å². The lowest BCUT2D eigenvalue weighted by molar-refractivity contribution is 0.495. The standard InChI is InChI=1S/C21H16FN/c22-14-13-16-1-5-18(6-2-16)20-9-11-21(12-10-20)19-7-3-17(15-23)4-8-19/h1-12H,13-14H2. The Balaban J connectivity index is 1.82. The topological polar surface area (TPSA) is 23.8 Å². The maximum atomic E-state index is 12.3. The second kappa shape index (κ2) is 6.89. The molecule has 0 aliphatic heterocycles. The summed E-state index contributed by atoms with van der Waals surface area (Å²) in [4.78, 5) is 0. The first-order chi connectivity index (χ1) is 11.3. The second-order valence-electron chi connectivity index (χ2n) is 5.40. The number of aryl methyl sites for hydroxylation is 1. The molecule has 0 saturated heterocycles. The number of alkyl halides is 1. The van der Waals surface area contributed by atoms with Gasteiger partial charge in [-0.1, -0.05) is 60.7 Å². The molecule has 0 radical (unpaired) electrons. The van der Waals surface area contributed by atoms with E-state index in [0.29, 0.717) is 12.0 Å². The van der Waals surface area contributed by atoms with Crippen LogP contribution in [0.1, 0.15) is 11.1 Å². The Morgan fingerprint density at radius 2 is 1.04 bits per heavy atom. The molecular weight excluding hydrogens is 285 g/mol. The lowest BCUT2D eigenvalue weighted by atomic mass is 9.99. The molecule has 0 unspecified atom stereocenters. The van der Waals surface area contributed by atoms with Crippen molar-refractivity contribution >= 4 is 0 Å². The zero-order valence-electron chi connectivity index (χ0n) is 12.7. The SMILES string of the molecule is N#Cc1ccc(-c2ccc(-c3ccc(CCF)cc3)cc2)cc1. The third kappa shape index (κ3) is 3.46. The number of benzene rings is 3. The summed E-state index contributed by atoms with van der Waals surface area (Å²) >= 11 is 0. The normalized spacial score (nSPS) is 10.3. The summed E-state index contributed by atoms with van der Waals surface area (Å²) in [6, 6.07) is 26.0. The van der Waals surface area contributed by atoms with Crippen LogP contribution in [0.4, 0.5) is 4.39 Å². The van der Waals surface area contributed by atoms with Crippen LogP contribution in [0.2, 0.25) is 0 Å². The van der Waals surface area contributed by atoms with Crippen LogP contribution in [0, 0.1) is 11.3 Å². The molecule has 0 aliphatic rings. The summed E-state index contributed by atoms with van der Waals surface area (Å²) in [5.74, 6) is 0. The summed E-state index contributed by atoms with van der Waals surface area (Å²) in [6.07, 6.45) is 0.470. The average Bonchev–Trinajstić information content (AvgIpc) is 2.63.